The Balaban J connectivity index is 1.72. The van der Waals surface area contributed by atoms with Gasteiger partial charge in [0.15, 0.2) is 0 Å². The molecule has 94 valence electrons. The molecule has 2 unspecified atom stereocenters. The molecule has 3 nitrogen and oxygen atoms in total. The molecule has 0 saturated heterocycles. The molecule has 1 aromatic heterocycles. The normalized spacial score (nSPS) is 21.9. The van der Waals surface area contributed by atoms with Gasteiger partial charge in [0, 0.05) is 12.0 Å². The van der Waals surface area contributed by atoms with Crippen LogP contribution in [0.15, 0.2) is 39.9 Å². The summed E-state index contributed by atoms with van der Waals surface area (Å²) in [5.74, 6) is 2.98. The van der Waals surface area contributed by atoms with Gasteiger partial charge in [-0.15, -0.1) is 11.8 Å². The van der Waals surface area contributed by atoms with Crippen LogP contribution in [0.25, 0.3) is 0 Å². The van der Waals surface area contributed by atoms with Crippen LogP contribution >= 0.6 is 11.8 Å². The molecule has 0 radical (unpaired) electrons. The third-order valence-electron chi connectivity index (χ3n) is 3.42. The third kappa shape index (κ3) is 2.12. The van der Waals surface area contributed by atoms with E-state index in [-0.39, 0.29) is 0 Å². The summed E-state index contributed by atoms with van der Waals surface area (Å²) in [7, 11) is 1.69. The van der Waals surface area contributed by atoms with Gasteiger partial charge in [-0.1, -0.05) is 17.3 Å². The highest BCUT2D eigenvalue weighted by molar-refractivity contribution is 7.98. The van der Waals surface area contributed by atoms with E-state index in [1.54, 1.807) is 18.9 Å². The maximum absolute atomic E-state index is 5.38. The highest BCUT2D eigenvalue weighted by atomic mass is 32.2. The Kier molecular flexibility index (Phi) is 3.04. The Hall–Kier alpha value is -1.42. The number of benzene rings is 1. The van der Waals surface area contributed by atoms with Crippen molar-refractivity contribution in [2.75, 3.05) is 13.4 Å². The number of thioether (sulfide) groups is 1. The Labute approximate surface area is 111 Å². The number of nitrogens with zero attached hydrogens (tertiary/aromatic N) is 1. The summed E-state index contributed by atoms with van der Waals surface area (Å²) < 4.78 is 10.5. The number of hydrogen-bond acceptors (Lipinski definition) is 4. The van der Waals surface area contributed by atoms with Crippen molar-refractivity contribution in [3.63, 3.8) is 0 Å². The first-order valence-electron chi connectivity index (χ1n) is 5.96. The van der Waals surface area contributed by atoms with E-state index in [2.05, 4.69) is 23.4 Å². The molecule has 1 aliphatic rings. The van der Waals surface area contributed by atoms with Gasteiger partial charge < -0.3 is 9.26 Å². The number of ether oxygens (including phenoxy) is 1. The van der Waals surface area contributed by atoms with Crippen LogP contribution in [0.4, 0.5) is 0 Å². The average molecular weight is 261 g/mol. The van der Waals surface area contributed by atoms with Crippen molar-refractivity contribution in [2.45, 2.75) is 23.3 Å². The van der Waals surface area contributed by atoms with Crippen LogP contribution in [0.2, 0.25) is 0 Å². The van der Waals surface area contributed by atoms with Gasteiger partial charge in [0.2, 0.25) is 0 Å². The second-order valence-electron chi connectivity index (χ2n) is 4.49. The predicted octanol–water partition coefficient (Wildman–Crippen LogP) is 3.68. The van der Waals surface area contributed by atoms with Crippen molar-refractivity contribution in [2.24, 2.45) is 0 Å². The van der Waals surface area contributed by atoms with E-state index >= 15 is 0 Å². The smallest absolute Gasteiger partial charge is 0.141 e. The molecule has 3 rings (SSSR count). The molecule has 0 amide bonds. The zero-order valence-electron chi connectivity index (χ0n) is 10.4. The van der Waals surface area contributed by atoms with Gasteiger partial charge in [-0.2, -0.15) is 0 Å². The standard InChI is InChI=1S/C14H15NO2S/c1-16-10-5-3-9(4-6-10)11-7-12(11)13-8-14(18-2)15-17-13/h3-6,8,11-12H,7H2,1-2H3. The van der Waals surface area contributed by atoms with Crippen molar-refractivity contribution >= 4 is 11.8 Å². The molecule has 1 fully saturated rings. The van der Waals surface area contributed by atoms with Crippen molar-refractivity contribution in [3.8, 4) is 5.75 Å². The van der Waals surface area contributed by atoms with Gasteiger partial charge in [-0.05, 0) is 36.3 Å². The first kappa shape index (κ1) is 11.7. The van der Waals surface area contributed by atoms with Crippen LogP contribution in [0.3, 0.4) is 0 Å². The Morgan fingerprint density at radius 3 is 2.67 bits per heavy atom. The first-order chi connectivity index (χ1) is 8.81. The molecule has 0 aliphatic heterocycles. The molecule has 1 heterocycles. The largest absolute Gasteiger partial charge is 0.497 e. The molecule has 1 aliphatic carbocycles. The van der Waals surface area contributed by atoms with Crippen LogP contribution in [0, 0.1) is 0 Å². The summed E-state index contributed by atoms with van der Waals surface area (Å²) in [4.78, 5) is 0. The van der Waals surface area contributed by atoms with Crippen LogP contribution in [-0.4, -0.2) is 18.5 Å². The molecule has 2 aromatic rings. The van der Waals surface area contributed by atoms with Crippen LogP contribution in [0.1, 0.15) is 29.6 Å². The molecular weight excluding hydrogens is 246 g/mol. The van der Waals surface area contributed by atoms with E-state index in [4.69, 9.17) is 9.26 Å². The summed E-state index contributed by atoms with van der Waals surface area (Å²) >= 11 is 1.62. The fourth-order valence-corrected chi connectivity index (χ4v) is 2.62. The molecular formula is C14H15NO2S. The van der Waals surface area contributed by atoms with Gasteiger partial charge in [0.25, 0.3) is 0 Å². The number of rotatable bonds is 4. The maximum Gasteiger partial charge on any atom is 0.141 e. The molecule has 4 heteroatoms. The van der Waals surface area contributed by atoms with Gasteiger partial charge in [-0.25, -0.2) is 0 Å². The minimum atomic E-state index is 0.492. The minimum Gasteiger partial charge on any atom is -0.497 e. The molecule has 18 heavy (non-hydrogen) atoms. The number of methoxy groups -OCH3 is 1. The second kappa shape index (κ2) is 4.69. The Bertz CT molecular complexity index is 535. The SMILES string of the molecule is COc1ccc(C2CC2c2cc(SC)no2)cc1. The van der Waals surface area contributed by atoms with Crippen molar-refractivity contribution < 1.29 is 9.26 Å². The van der Waals surface area contributed by atoms with E-state index < -0.39 is 0 Å². The lowest BCUT2D eigenvalue weighted by Gasteiger charge is -2.01. The van der Waals surface area contributed by atoms with Gasteiger partial charge in [-0.3, -0.25) is 0 Å². The second-order valence-corrected chi connectivity index (χ2v) is 5.32. The summed E-state index contributed by atoms with van der Waals surface area (Å²) in [6.07, 6.45) is 3.16. The molecule has 1 aromatic carbocycles. The molecule has 2 atom stereocenters. The average Bonchev–Trinajstić information content (AvgIpc) is 3.08. The van der Waals surface area contributed by atoms with Crippen LogP contribution in [-0.2, 0) is 0 Å². The van der Waals surface area contributed by atoms with Crippen molar-refractivity contribution in [1.82, 2.24) is 5.16 Å². The van der Waals surface area contributed by atoms with Crippen molar-refractivity contribution in [1.29, 1.82) is 0 Å². The maximum atomic E-state index is 5.38. The zero-order valence-corrected chi connectivity index (χ0v) is 11.2. The third-order valence-corrected chi connectivity index (χ3v) is 4.03. The fourth-order valence-electron chi connectivity index (χ4n) is 2.27. The fraction of sp³-hybridized carbons (Fsp3) is 0.357. The lowest BCUT2D eigenvalue weighted by Crippen LogP contribution is -1.85. The number of hydrogen-bond donors (Lipinski definition) is 0. The van der Waals surface area contributed by atoms with Gasteiger partial charge >= 0.3 is 0 Å². The summed E-state index contributed by atoms with van der Waals surface area (Å²) in [6.45, 7) is 0. The lowest BCUT2D eigenvalue weighted by molar-refractivity contribution is 0.370. The summed E-state index contributed by atoms with van der Waals surface area (Å²) in [6, 6.07) is 10.3. The lowest BCUT2D eigenvalue weighted by atomic mass is 10.1. The van der Waals surface area contributed by atoms with Crippen LogP contribution in [0.5, 0.6) is 5.75 Å². The topological polar surface area (TPSA) is 35.3 Å². The van der Waals surface area contributed by atoms with E-state index in [0.717, 1.165) is 23.0 Å². The Morgan fingerprint density at radius 2 is 2.06 bits per heavy atom. The predicted molar refractivity (Wildman–Crippen MR) is 71.4 cm³/mol. The van der Waals surface area contributed by atoms with E-state index in [1.165, 1.54) is 5.56 Å². The van der Waals surface area contributed by atoms with E-state index in [1.807, 2.05) is 18.4 Å². The zero-order chi connectivity index (χ0) is 12.5. The molecule has 1 saturated carbocycles. The quantitative estimate of drug-likeness (QED) is 0.786. The first-order valence-corrected chi connectivity index (χ1v) is 7.19. The van der Waals surface area contributed by atoms with Gasteiger partial charge in [0.1, 0.15) is 16.5 Å². The minimum absolute atomic E-state index is 0.492. The summed E-state index contributed by atoms with van der Waals surface area (Å²) in [5, 5.41) is 4.98. The molecule has 0 spiro atoms. The highest BCUT2D eigenvalue weighted by Crippen LogP contribution is 2.55. The van der Waals surface area contributed by atoms with Crippen molar-refractivity contribution in [3.05, 3.63) is 41.7 Å². The molecule has 0 N–H and O–H groups in total. The van der Waals surface area contributed by atoms with Crippen LogP contribution < -0.4 is 4.74 Å². The molecule has 0 bridgehead atoms. The number of aromatic nitrogens is 1. The Morgan fingerprint density at radius 1 is 1.28 bits per heavy atom. The van der Waals surface area contributed by atoms with Gasteiger partial charge in [0.05, 0.1) is 7.11 Å². The van der Waals surface area contributed by atoms with E-state index in [0.29, 0.717) is 11.8 Å². The summed E-state index contributed by atoms with van der Waals surface area (Å²) in [5.41, 5.74) is 1.35. The highest BCUT2D eigenvalue weighted by Gasteiger charge is 2.42. The van der Waals surface area contributed by atoms with E-state index in [9.17, 15) is 0 Å². The monoisotopic (exact) mass is 261 g/mol.